The smallest absolute Gasteiger partial charge is 0.317 e. The number of amides is 2. The van der Waals surface area contributed by atoms with Crippen LogP contribution in [-0.2, 0) is 13.6 Å². The summed E-state index contributed by atoms with van der Waals surface area (Å²) >= 11 is 0. The largest absolute Gasteiger partial charge is 0.334 e. The molecule has 1 aliphatic rings. The standard InChI is InChI=1S/C19H27N5O/c1-22(2)12-16-7-8-24(13-16)19(25)20-10-15-5-4-6-17(9-15)18-11-21-23(3)14-18/h4-6,9,11,14,16H,7-8,10,12-13H2,1-3H3,(H,20,25). The fourth-order valence-electron chi connectivity index (χ4n) is 3.40. The Morgan fingerprint density at radius 3 is 2.92 bits per heavy atom. The molecule has 0 spiro atoms. The molecule has 0 radical (unpaired) electrons. The number of nitrogens with zero attached hydrogens (tertiary/aromatic N) is 4. The molecule has 1 fully saturated rings. The SMILES string of the molecule is CN(C)CC1CCN(C(=O)NCc2cccc(-c3cnn(C)c3)c2)C1. The Morgan fingerprint density at radius 2 is 2.20 bits per heavy atom. The van der Waals surface area contributed by atoms with Gasteiger partial charge in [0, 0.05) is 45.0 Å². The van der Waals surface area contributed by atoms with Crippen LogP contribution in [0.5, 0.6) is 0 Å². The lowest BCUT2D eigenvalue weighted by Crippen LogP contribution is -2.38. The van der Waals surface area contributed by atoms with E-state index in [1.165, 1.54) is 0 Å². The van der Waals surface area contributed by atoms with Gasteiger partial charge in [-0.3, -0.25) is 4.68 Å². The number of benzene rings is 1. The zero-order chi connectivity index (χ0) is 17.8. The number of likely N-dealkylation sites (tertiary alicyclic amines) is 1. The van der Waals surface area contributed by atoms with Crippen LogP contribution in [0.1, 0.15) is 12.0 Å². The molecule has 1 N–H and O–H groups in total. The monoisotopic (exact) mass is 341 g/mol. The topological polar surface area (TPSA) is 53.4 Å². The Bertz CT molecular complexity index is 724. The van der Waals surface area contributed by atoms with E-state index in [1.807, 2.05) is 36.5 Å². The summed E-state index contributed by atoms with van der Waals surface area (Å²) in [4.78, 5) is 16.5. The maximum atomic E-state index is 12.4. The van der Waals surface area contributed by atoms with E-state index in [0.717, 1.165) is 42.7 Å². The van der Waals surface area contributed by atoms with Crippen molar-refractivity contribution < 1.29 is 4.79 Å². The van der Waals surface area contributed by atoms with Crippen LogP contribution < -0.4 is 5.32 Å². The van der Waals surface area contributed by atoms with Gasteiger partial charge in [0.25, 0.3) is 0 Å². The first-order valence-electron chi connectivity index (χ1n) is 8.77. The van der Waals surface area contributed by atoms with Crippen molar-refractivity contribution in [2.75, 3.05) is 33.7 Å². The molecule has 1 aliphatic heterocycles. The molecule has 1 aromatic carbocycles. The van der Waals surface area contributed by atoms with E-state index in [-0.39, 0.29) is 6.03 Å². The fourth-order valence-corrected chi connectivity index (χ4v) is 3.40. The van der Waals surface area contributed by atoms with Crippen LogP contribution in [0.4, 0.5) is 4.79 Å². The van der Waals surface area contributed by atoms with E-state index in [4.69, 9.17) is 0 Å². The number of aryl methyl sites for hydroxylation is 1. The average Bonchev–Trinajstić information content (AvgIpc) is 3.21. The van der Waals surface area contributed by atoms with Gasteiger partial charge in [-0.1, -0.05) is 18.2 Å². The summed E-state index contributed by atoms with van der Waals surface area (Å²) in [5, 5.41) is 7.26. The summed E-state index contributed by atoms with van der Waals surface area (Å²) in [5.41, 5.74) is 3.30. The predicted molar refractivity (Wildman–Crippen MR) is 99.1 cm³/mol. The second kappa shape index (κ2) is 7.70. The molecule has 0 bridgehead atoms. The lowest BCUT2D eigenvalue weighted by atomic mass is 10.1. The van der Waals surface area contributed by atoms with Crippen molar-refractivity contribution in [2.45, 2.75) is 13.0 Å². The first kappa shape index (κ1) is 17.5. The predicted octanol–water partition coefficient (Wildman–Crippen LogP) is 2.18. The van der Waals surface area contributed by atoms with Crippen LogP contribution in [0.3, 0.4) is 0 Å². The summed E-state index contributed by atoms with van der Waals surface area (Å²) < 4.78 is 1.79. The Balaban J connectivity index is 1.54. The Hall–Kier alpha value is -2.34. The third-order valence-corrected chi connectivity index (χ3v) is 4.61. The molecule has 0 saturated carbocycles. The van der Waals surface area contributed by atoms with Gasteiger partial charge in [-0.05, 0) is 43.6 Å². The van der Waals surface area contributed by atoms with Crippen molar-refractivity contribution in [3.05, 3.63) is 42.2 Å². The molecule has 1 aromatic heterocycles. The highest BCUT2D eigenvalue weighted by molar-refractivity contribution is 5.74. The zero-order valence-corrected chi connectivity index (χ0v) is 15.3. The summed E-state index contributed by atoms with van der Waals surface area (Å²) in [6, 6.07) is 8.27. The summed E-state index contributed by atoms with van der Waals surface area (Å²) in [7, 11) is 6.07. The molecular formula is C19H27N5O. The van der Waals surface area contributed by atoms with E-state index >= 15 is 0 Å². The van der Waals surface area contributed by atoms with Gasteiger partial charge in [-0.15, -0.1) is 0 Å². The third-order valence-electron chi connectivity index (χ3n) is 4.61. The van der Waals surface area contributed by atoms with Crippen molar-refractivity contribution in [3.8, 4) is 11.1 Å². The van der Waals surface area contributed by atoms with Gasteiger partial charge < -0.3 is 15.1 Å². The van der Waals surface area contributed by atoms with E-state index < -0.39 is 0 Å². The van der Waals surface area contributed by atoms with Gasteiger partial charge in [-0.25, -0.2) is 4.79 Å². The number of carbonyl (C=O) groups excluding carboxylic acids is 1. The molecule has 1 atom stereocenters. The summed E-state index contributed by atoms with van der Waals surface area (Å²) in [5.74, 6) is 0.578. The summed E-state index contributed by atoms with van der Waals surface area (Å²) in [6.07, 6.45) is 4.93. The van der Waals surface area contributed by atoms with Crippen LogP contribution in [0, 0.1) is 5.92 Å². The molecule has 134 valence electrons. The first-order valence-corrected chi connectivity index (χ1v) is 8.77. The number of aromatic nitrogens is 2. The second-order valence-corrected chi connectivity index (χ2v) is 7.12. The molecule has 2 aromatic rings. The molecule has 2 amide bonds. The molecule has 2 heterocycles. The molecule has 25 heavy (non-hydrogen) atoms. The molecule has 1 unspecified atom stereocenters. The van der Waals surface area contributed by atoms with Gasteiger partial charge in [0.15, 0.2) is 0 Å². The Morgan fingerprint density at radius 1 is 1.36 bits per heavy atom. The molecule has 6 nitrogen and oxygen atoms in total. The molecule has 0 aliphatic carbocycles. The maximum Gasteiger partial charge on any atom is 0.317 e. The number of urea groups is 1. The number of hydrogen-bond donors (Lipinski definition) is 1. The minimum atomic E-state index is 0.0352. The highest BCUT2D eigenvalue weighted by atomic mass is 16.2. The van der Waals surface area contributed by atoms with Crippen molar-refractivity contribution in [2.24, 2.45) is 13.0 Å². The van der Waals surface area contributed by atoms with Crippen LogP contribution in [-0.4, -0.2) is 59.3 Å². The zero-order valence-electron chi connectivity index (χ0n) is 15.3. The Labute approximate surface area is 149 Å². The van der Waals surface area contributed by atoms with Crippen molar-refractivity contribution >= 4 is 6.03 Å². The summed E-state index contributed by atoms with van der Waals surface area (Å²) in [6.45, 7) is 3.28. The lowest BCUT2D eigenvalue weighted by Gasteiger charge is -2.19. The number of rotatable bonds is 5. The normalized spacial score (nSPS) is 17.3. The van der Waals surface area contributed by atoms with Gasteiger partial charge in [0.2, 0.25) is 0 Å². The lowest BCUT2D eigenvalue weighted by molar-refractivity contribution is 0.205. The van der Waals surface area contributed by atoms with Crippen LogP contribution in [0.2, 0.25) is 0 Å². The van der Waals surface area contributed by atoms with E-state index in [2.05, 4.69) is 41.5 Å². The van der Waals surface area contributed by atoms with Gasteiger partial charge in [0.05, 0.1) is 6.20 Å². The first-order chi connectivity index (χ1) is 12.0. The average molecular weight is 341 g/mol. The van der Waals surface area contributed by atoms with Gasteiger partial charge in [0.1, 0.15) is 0 Å². The molecule has 3 rings (SSSR count). The van der Waals surface area contributed by atoms with Crippen molar-refractivity contribution in [1.29, 1.82) is 0 Å². The highest BCUT2D eigenvalue weighted by Gasteiger charge is 2.26. The van der Waals surface area contributed by atoms with E-state index in [1.54, 1.807) is 4.68 Å². The van der Waals surface area contributed by atoms with E-state index in [9.17, 15) is 4.79 Å². The third kappa shape index (κ3) is 4.60. The number of hydrogen-bond acceptors (Lipinski definition) is 3. The van der Waals surface area contributed by atoms with Gasteiger partial charge in [-0.2, -0.15) is 5.10 Å². The van der Waals surface area contributed by atoms with Gasteiger partial charge >= 0.3 is 6.03 Å². The Kier molecular flexibility index (Phi) is 5.38. The quantitative estimate of drug-likeness (QED) is 0.907. The minimum absolute atomic E-state index is 0.0352. The van der Waals surface area contributed by atoms with Crippen LogP contribution >= 0.6 is 0 Å². The second-order valence-electron chi connectivity index (χ2n) is 7.12. The fraction of sp³-hybridized carbons (Fsp3) is 0.474. The maximum absolute atomic E-state index is 12.4. The molecular weight excluding hydrogens is 314 g/mol. The van der Waals surface area contributed by atoms with E-state index in [0.29, 0.717) is 12.5 Å². The van der Waals surface area contributed by atoms with Crippen molar-refractivity contribution in [3.63, 3.8) is 0 Å². The highest BCUT2D eigenvalue weighted by Crippen LogP contribution is 2.20. The van der Waals surface area contributed by atoms with Crippen LogP contribution in [0.25, 0.3) is 11.1 Å². The number of carbonyl (C=O) groups is 1. The number of nitrogens with one attached hydrogen (secondary N) is 1. The molecule has 1 saturated heterocycles. The minimum Gasteiger partial charge on any atom is -0.334 e. The van der Waals surface area contributed by atoms with Crippen LogP contribution in [0.15, 0.2) is 36.7 Å². The molecule has 6 heteroatoms. The van der Waals surface area contributed by atoms with Crippen molar-refractivity contribution in [1.82, 2.24) is 24.9 Å².